The van der Waals surface area contributed by atoms with Crippen molar-refractivity contribution in [2.75, 3.05) is 30.3 Å². The van der Waals surface area contributed by atoms with Crippen LogP contribution < -0.4 is 14.4 Å². The topological polar surface area (TPSA) is 75.7 Å². The third-order valence-corrected chi connectivity index (χ3v) is 8.36. The van der Waals surface area contributed by atoms with Crippen molar-refractivity contribution in [2.45, 2.75) is 24.0 Å². The lowest BCUT2D eigenvalue weighted by atomic mass is 10.2. The average Bonchev–Trinajstić information content (AvgIpc) is 2.86. The third kappa shape index (κ3) is 7.92. The van der Waals surface area contributed by atoms with E-state index in [2.05, 4.69) is 5.32 Å². The molecule has 0 heterocycles. The summed E-state index contributed by atoms with van der Waals surface area (Å²) in [6.07, 6.45) is 0.772. The van der Waals surface area contributed by atoms with Gasteiger partial charge in [-0.1, -0.05) is 47.5 Å². The summed E-state index contributed by atoms with van der Waals surface area (Å²) in [5.74, 6) is 1.86. The summed E-state index contributed by atoms with van der Waals surface area (Å²) in [5, 5.41) is 3.56. The molecule has 0 fully saturated rings. The molecule has 3 aromatic rings. The first-order valence-electron chi connectivity index (χ1n) is 11.1. The Kier molecular flexibility index (Phi) is 9.89. The van der Waals surface area contributed by atoms with Crippen molar-refractivity contribution < 1.29 is 17.9 Å². The van der Waals surface area contributed by atoms with E-state index in [1.807, 2.05) is 31.2 Å². The molecule has 186 valence electrons. The fraction of sp³-hybridized carbons (Fsp3) is 0.269. The molecule has 0 aliphatic carbocycles. The van der Waals surface area contributed by atoms with Crippen LogP contribution in [0.1, 0.15) is 17.5 Å². The Morgan fingerprint density at radius 1 is 1.06 bits per heavy atom. The molecule has 1 N–H and O–H groups in total. The van der Waals surface area contributed by atoms with Crippen molar-refractivity contribution in [1.29, 1.82) is 0 Å². The zero-order valence-corrected chi connectivity index (χ0v) is 22.1. The zero-order valence-electron chi connectivity index (χ0n) is 19.7. The van der Waals surface area contributed by atoms with Gasteiger partial charge < -0.3 is 10.1 Å². The number of nitrogens with zero attached hydrogens (tertiary/aromatic N) is 1. The molecule has 0 atom stereocenters. The van der Waals surface area contributed by atoms with Gasteiger partial charge in [-0.2, -0.15) is 11.8 Å². The van der Waals surface area contributed by atoms with E-state index in [1.165, 1.54) is 12.7 Å². The van der Waals surface area contributed by atoms with Crippen LogP contribution in [0.5, 0.6) is 5.75 Å². The van der Waals surface area contributed by atoms with E-state index in [-0.39, 0.29) is 17.3 Å². The maximum Gasteiger partial charge on any atom is 0.264 e. The Morgan fingerprint density at radius 3 is 2.46 bits per heavy atom. The van der Waals surface area contributed by atoms with E-state index in [1.54, 1.807) is 60.3 Å². The van der Waals surface area contributed by atoms with E-state index in [0.29, 0.717) is 23.0 Å². The molecule has 3 rings (SSSR count). The van der Waals surface area contributed by atoms with Gasteiger partial charge in [-0.15, -0.1) is 0 Å². The van der Waals surface area contributed by atoms with Gasteiger partial charge in [0.25, 0.3) is 10.0 Å². The number of methoxy groups -OCH3 is 1. The van der Waals surface area contributed by atoms with Gasteiger partial charge in [-0.05, 0) is 61.1 Å². The monoisotopic (exact) mass is 532 g/mol. The van der Waals surface area contributed by atoms with Gasteiger partial charge >= 0.3 is 0 Å². The summed E-state index contributed by atoms with van der Waals surface area (Å²) in [6, 6.07) is 21.0. The van der Waals surface area contributed by atoms with Crippen LogP contribution in [0.25, 0.3) is 0 Å². The molecular formula is C26H29ClN2O4S2. The SMILES string of the molecule is COc1cccc(N(CC(=O)NCCCSCc2ccc(Cl)cc2)S(=O)(=O)c2ccc(C)cc2)c1. The number of hydrogen-bond acceptors (Lipinski definition) is 5. The molecule has 0 unspecified atom stereocenters. The van der Waals surface area contributed by atoms with Gasteiger partial charge in [0.1, 0.15) is 12.3 Å². The molecule has 1 amide bonds. The Labute approximate surface area is 216 Å². The predicted molar refractivity (Wildman–Crippen MR) is 144 cm³/mol. The van der Waals surface area contributed by atoms with Crippen molar-refractivity contribution in [3.63, 3.8) is 0 Å². The molecule has 6 nitrogen and oxygen atoms in total. The van der Waals surface area contributed by atoms with Crippen LogP contribution in [0.3, 0.4) is 0 Å². The largest absolute Gasteiger partial charge is 0.497 e. The maximum absolute atomic E-state index is 13.4. The number of ether oxygens (including phenoxy) is 1. The second-order valence-corrected chi connectivity index (χ2v) is 11.3. The normalized spacial score (nSPS) is 11.2. The van der Waals surface area contributed by atoms with Gasteiger partial charge in [0.2, 0.25) is 5.91 Å². The van der Waals surface area contributed by atoms with Crippen LogP contribution in [0.2, 0.25) is 5.02 Å². The van der Waals surface area contributed by atoms with Gasteiger partial charge in [0.15, 0.2) is 0 Å². The van der Waals surface area contributed by atoms with Crippen molar-refractivity contribution in [2.24, 2.45) is 0 Å². The van der Waals surface area contributed by atoms with Crippen molar-refractivity contribution in [1.82, 2.24) is 5.32 Å². The van der Waals surface area contributed by atoms with Crippen LogP contribution in [-0.2, 0) is 20.6 Å². The molecule has 0 aromatic heterocycles. The minimum Gasteiger partial charge on any atom is -0.497 e. The second-order valence-electron chi connectivity index (χ2n) is 7.91. The first-order chi connectivity index (χ1) is 16.8. The molecule has 35 heavy (non-hydrogen) atoms. The number of nitrogens with one attached hydrogen (secondary N) is 1. The van der Waals surface area contributed by atoms with Crippen LogP contribution >= 0.6 is 23.4 Å². The van der Waals surface area contributed by atoms with Gasteiger partial charge in [-0.3, -0.25) is 9.10 Å². The maximum atomic E-state index is 13.4. The number of rotatable bonds is 12. The fourth-order valence-corrected chi connectivity index (χ4v) is 5.74. The van der Waals surface area contributed by atoms with Gasteiger partial charge in [0, 0.05) is 23.4 Å². The molecule has 0 radical (unpaired) electrons. The number of anilines is 1. The van der Waals surface area contributed by atoms with Crippen LogP contribution in [-0.4, -0.2) is 40.3 Å². The van der Waals surface area contributed by atoms with Crippen LogP contribution in [0.15, 0.2) is 77.7 Å². The summed E-state index contributed by atoms with van der Waals surface area (Å²) >= 11 is 7.68. The first kappa shape index (κ1) is 26.9. The minimum absolute atomic E-state index is 0.123. The Balaban J connectivity index is 1.61. The highest BCUT2D eigenvalue weighted by molar-refractivity contribution is 7.98. The Hall–Kier alpha value is -2.68. The first-order valence-corrected chi connectivity index (χ1v) is 14.1. The summed E-state index contributed by atoms with van der Waals surface area (Å²) < 4.78 is 33.3. The van der Waals surface area contributed by atoms with Crippen molar-refractivity contribution in [3.05, 3.63) is 88.9 Å². The lowest BCUT2D eigenvalue weighted by Gasteiger charge is -2.24. The van der Waals surface area contributed by atoms with E-state index in [4.69, 9.17) is 16.3 Å². The zero-order chi connectivity index (χ0) is 25.3. The highest BCUT2D eigenvalue weighted by atomic mass is 35.5. The van der Waals surface area contributed by atoms with E-state index in [9.17, 15) is 13.2 Å². The Morgan fingerprint density at radius 2 is 1.77 bits per heavy atom. The molecule has 0 bridgehead atoms. The number of amides is 1. The fourth-order valence-electron chi connectivity index (χ4n) is 3.28. The predicted octanol–water partition coefficient (Wildman–Crippen LogP) is 5.29. The lowest BCUT2D eigenvalue weighted by Crippen LogP contribution is -2.41. The minimum atomic E-state index is -3.96. The molecular weight excluding hydrogens is 504 g/mol. The van der Waals surface area contributed by atoms with Gasteiger partial charge in [-0.25, -0.2) is 8.42 Å². The average molecular weight is 533 g/mol. The number of carbonyl (C=O) groups is 1. The standard InChI is InChI=1S/C26H29ClN2O4S2/c1-20-7-13-25(14-8-20)35(31,32)29(23-5-3-6-24(17-23)33-2)18-26(30)28-15-4-16-34-19-21-9-11-22(27)12-10-21/h3,5-14,17H,4,15-16,18-19H2,1-2H3,(H,28,30). The van der Waals surface area contributed by atoms with E-state index in [0.717, 1.165) is 27.8 Å². The van der Waals surface area contributed by atoms with Crippen molar-refractivity contribution in [3.8, 4) is 5.75 Å². The molecule has 3 aromatic carbocycles. The van der Waals surface area contributed by atoms with Gasteiger partial charge in [0.05, 0.1) is 17.7 Å². The number of benzene rings is 3. The number of carbonyl (C=O) groups excluding carboxylic acids is 1. The molecule has 0 aliphatic rings. The Bertz CT molecular complexity index is 1220. The molecule has 0 aliphatic heterocycles. The third-order valence-electron chi connectivity index (χ3n) is 5.21. The lowest BCUT2D eigenvalue weighted by molar-refractivity contribution is -0.119. The highest BCUT2D eigenvalue weighted by Crippen LogP contribution is 2.27. The van der Waals surface area contributed by atoms with Crippen molar-refractivity contribution >= 4 is 45.0 Å². The smallest absolute Gasteiger partial charge is 0.264 e. The molecule has 0 spiro atoms. The number of thioether (sulfide) groups is 1. The molecule has 0 saturated carbocycles. The van der Waals surface area contributed by atoms with Crippen LogP contribution in [0.4, 0.5) is 5.69 Å². The summed E-state index contributed by atoms with van der Waals surface area (Å²) in [5.41, 5.74) is 2.50. The number of sulfonamides is 1. The summed E-state index contributed by atoms with van der Waals surface area (Å²) in [4.78, 5) is 12.9. The summed E-state index contributed by atoms with van der Waals surface area (Å²) in [6.45, 7) is 2.02. The number of halogens is 1. The van der Waals surface area contributed by atoms with Crippen LogP contribution in [0, 0.1) is 6.92 Å². The summed E-state index contributed by atoms with van der Waals surface area (Å²) in [7, 11) is -2.45. The number of hydrogen-bond donors (Lipinski definition) is 1. The highest BCUT2D eigenvalue weighted by Gasteiger charge is 2.27. The van der Waals surface area contributed by atoms with E-state index < -0.39 is 10.0 Å². The molecule has 0 saturated heterocycles. The quantitative estimate of drug-likeness (QED) is 0.321. The number of aryl methyl sites for hydroxylation is 1. The van der Waals surface area contributed by atoms with E-state index >= 15 is 0 Å². The molecule has 9 heteroatoms. The second kappa shape index (κ2) is 12.9.